The summed E-state index contributed by atoms with van der Waals surface area (Å²) in [6.45, 7) is 2.89. The first-order valence-electron chi connectivity index (χ1n) is 9.81. The van der Waals surface area contributed by atoms with E-state index in [0.717, 1.165) is 42.3 Å². The van der Waals surface area contributed by atoms with Crippen molar-refractivity contribution in [3.05, 3.63) is 47.5 Å². The topological polar surface area (TPSA) is 105 Å². The number of hydrogen-bond acceptors (Lipinski definition) is 6. The third-order valence-electron chi connectivity index (χ3n) is 6.04. The molecule has 1 saturated carbocycles. The van der Waals surface area contributed by atoms with E-state index in [4.69, 9.17) is 10.7 Å². The predicted molar refractivity (Wildman–Crippen MR) is 110 cm³/mol. The number of nitrogens with two attached hydrogens (primary N) is 1. The fourth-order valence-electron chi connectivity index (χ4n) is 4.76. The van der Waals surface area contributed by atoms with Gasteiger partial charge in [0.15, 0.2) is 0 Å². The van der Waals surface area contributed by atoms with Crippen molar-refractivity contribution < 1.29 is 4.79 Å². The van der Waals surface area contributed by atoms with E-state index < -0.39 is 0 Å². The normalized spacial score (nSPS) is 26.8. The highest BCUT2D eigenvalue weighted by Gasteiger charge is 2.47. The second-order valence-electron chi connectivity index (χ2n) is 7.94. The molecule has 28 heavy (non-hydrogen) atoms. The number of allylic oxidation sites excluding steroid dienone is 1. The van der Waals surface area contributed by atoms with E-state index in [0.29, 0.717) is 11.9 Å². The number of rotatable bonds is 5. The van der Waals surface area contributed by atoms with Gasteiger partial charge in [-0.3, -0.25) is 4.79 Å². The van der Waals surface area contributed by atoms with Crippen LogP contribution in [0.4, 0.5) is 23.3 Å². The maximum Gasteiger partial charge on any atom is 0.231 e. The van der Waals surface area contributed by atoms with E-state index in [2.05, 4.69) is 52.1 Å². The van der Waals surface area contributed by atoms with Gasteiger partial charge in [0.25, 0.3) is 0 Å². The standard InChI is InChI=1S/C21H24N6O/c1-11-3-2-4-14(9-11)24-21-26-19-15(7-8-23-19)20(27-21)25-17-13-6-5-12(10-13)16(17)18(22)28/h2-6,9,12-13,16-17H,7-8,10H2,1H3,(H2,22,28)(H3,23,24,25,26,27). The Balaban J connectivity index is 1.46. The summed E-state index contributed by atoms with van der Waals surface area (Å²) in [6.07, 6.45) is 6.17. The minimum absolute atomic E-state index is 0.0149. The molecule has 3 aliphatic rings. The number of carbonyl (C=O) groups is 1. The number of hydrogen-bond donors (Lipinski definition) is 4. The number of anilines is 4. The third-order valence-corrected chi connectivity index (χ3v) is 6.04. The highest BCUT2D eigenvalue weighted by atomic mass is 16.1. The Morgan fingerprint density at radius 1 is 1.25 bits per heavy atom. The van der Waals surface area contributed by atoms with Crippen molar-refractivity contribution in [2.75, 3.05) is 22.5 Å². The van der Waals surface area contributed by atoms with Gasteiger partial charge < -0.3 is 21.7 Å². The van der Waals surface area contributed by atoms with E-state index in [-0.39, 0.29) is 23.8 Å². The molecule has 2 aliphatic carbocycles. The summed E-state index contributed by atoms with van der Waals surface area (Å²) in [6, 6.07) is 8.09. The van der Waals surface area contributed by atoms with Gasteiger partial charge in [0.1, 0.15) is 11.6 Å². The molecule has 2 aromatic rings. The van der Waals surface area contributed by atoms with E-state index in [9.17, 15) is 4.79 Å². The van der Waals surface area contributed by atoms with Crippen molar-refractivity contribution in [2.24, 2.45) is 23.5 Å². The van der Waals surface area contributed by atoms with E-state index in [1.807, 2.05) is 12.1 Å². The first kappa shape index (κ1) is 17.0. The molecule has 5 N–H and O–H groups in total. The van der Waals surface area contributed by atoms with E-state index >= 15 is 0 Å². The Labute approximate surface area is 163 Å². The number of carbonyl (C=O) groups excluding carboxylic acids is 1. The zero-order valence-corrected chi connectivity index (χ0v) is 15.8. The Hall–Kier alpha value is -3.09. The number of aryl methyl sites for hydroxylation is 1. The van der Waals surface area contributed by atoms with Crippen LogP contribution >= 0.6 is 0 Å². The van der Waals surface area contributed by atoms with E-state index in [1.54, 1.807) is 0 Å². The fraction of sp³-hybridized carbons (Fsp3) is 0.381. The van der Waals surface area contributed by atoms with Crippen LogP contribution in [0.2, 0.25) is 0 Å². The Morgan fingerprint density at radius 2 is 2.11 bits per heavy atom. The van der Waals surface area contributed by atoms with Crippen molar-refractivity contribution in [1.29, 1.82) is 0 Å². The molecule has 1 aromatic carbocycles. The van der Waals surface area contributed by atoms with Crippen LogP contribution in [0.15, 0.2) is 36.4 Å². The molecular formula is C21H24N6O. The SMILES string of the molecule is Cc1cccc(Nc2nc3c(c(NC4C5C=CC(C5)C4C(N)=O)n2)CCN3)c1. The van der Waals surface area contributed by atoms with Crippen LogP contribution in [0.3, 0.4) is 0 Å². The highest BCUT2D eigenvalue weighted by molar-refractivity contribution is 5.80. The molecule has 7 nitrogen and oxygen atoms in total. The van der Waals surface area contributed by atoms with Gasteiger partial charge in [-0.2, -0.15) is 9.97 Å². The lowest BCUT2D eigenvalue weighted by Crippen LogP contribution is -2.41. The number of nitrogens with one attached hydrogen (secondary N) is 3. The third kappa shape index (κ3) is 2.87. The first-order chi connectivity index (χ1) is 13.6. The second-order valence-corrected chi connectivity index (χ2v) is 7.94. The molecule has 1 aliphatic heterocycles. The van der Waals surface area contributed by atoms with Crippen molar-refractivity contribution in [2.45, 2.75) is 25.8 Å². The summed E-state index contributed by atoms with van der Waals surface area (Å²) in [7, 11) is 0. The van der Waals surface area contributed by atoms with Gasteiger partial charge in [-0.05, 0) is 49.3 Å². The molecule has 0 spiro atoms. The average molecular weight is 376 g/mol. The minimum atomic E-state index is -0.240. The summed E-state index contributed by atoms with van der Waals surface area (Å²) in [5, 5.41) is 10.2. The van der Waals surface area contributed by atoms with Crippen LogP contribution in [-0.4, -0.2) is 28.5 Å². The molecule has 1 fully saturated rings. The maximum atomic E-state index is 12.1. The minimum Gasteiger partial charge on any atom is -0.369 e. The van der Waals surface area contributed by atoms with Gasteiger partial charge >= 0.3 is 0 Å². The lowest BCUT2D eigenvalue weighted by molar-refractivity contribution is -0.122. The van der Waals surface area contributed by atoms with Gasteiger partial charge in [-0.25, -0.2) is 0 Å². The van der Waals surface area contributed by atoms with Crippen LogP contribution in [0, 0.1) is 24.7 Å². The van der Waals surface area contributed by atoms with Gasteiger partial charge in [0, 0.05) is 23.8 Å². The van der Waals surface area contributed by atoms with Crippen LogP contribution in [0.5, 0.6) is 0 Å². The number of benzene rings is 1. The molecule has 1 aromatic heterocycles. The fourth-order valence-corrected chi connectivity index (χ4v) is 4.76. The van der Waals surface area contributed by atoms with Gasteiger partial charge in [-0.1, -0.05) is 24.3 Å². The monoisotopic (exact) mass is 376 g/mol. The number of fused-ring (bicyclic) bond motifs is 3. The van der Waals surface area contributed by atoms with Crippen molar-refractivity contribution >= 4 is 29.2 Å². The molecule has 0 saturated heterocycles. The van der Waals surface area contributed by atoms with Gasteiger partial charge in [0.2, 0.25) is 11.9 Å². The maximum absolute atomic E-state index is 12.1. The molecule has 1 amide bonds. The summed E-state index contributed by atoms with van der Waals surface area (Å²) in [5.41, 5.74) is 8.90. The summed E-state index contributed by atoms with van der Waals surface area (Å²) < 4.78 is 0. The van der Waals surface area contributed by atoms with Crippen molar-refractivity contribution in [3.63, 3.8) is 0 Å². The summed E-state index contributed by atoms with van der Waals surface area (Å²) in [5.74, 6) is 2.30. The Bertz CT molecular complexity index is 971. The van der Waals surface area contributed by atoms with Gasteiger partial charge in [0.05, 0.1) is 5.92 Å². The number of aromatic nitrogens is 2. The number of amides is 1. The molecule has 7 heteroatoms. The van der Waals surface area contributed by atoms with E-state index in [1.165, 1.54) is 5.56 Å². The largest absolute Gasteiger partial charge is 0.369 e. The smallest absolute Gasteiger partial charge is 0.231 e. The van der Waals surface area contributed by atoms with Crippen LogP contribution in [0.25, 0.3) is 0 Å². The summed E-state index contributed by atoms with van der Waals surface area (Å²) in [4.78, 5) is 21.5. The quantitative estimate of drug-likeness (QED) is 0.598. The molecule has 0 radical (unpaired) electrons. The van der Waals surface area contributed by atoms with Gasteiger partial charge in [-0.15, -0.1) is 0 Å². The number of nitrogens with zero attached hydrogens (tertiary/aromatic N) is 2. The lowest BCUT2D eigenvalue weighted by Gasteiger charge is -2.28. The molecule has 2 bridgehead atoms. The molecule has 4 unspecified atom stereocenters. The lowest BCUT2D eigenvalue weighted by atomic mass is 9.88. The molecule has 2 heterocycles. The van der Waals surface area contributed by atoms with Crippen molar-refractivity contribution in [3.8, 4) is 0 Å². The summed E-state index contributed by atoms with van der Waals surface area (Å²) >= 11 is 0. The number of primary amides is 1. The van der Waals surface area contributed by atoms with Crippen LogP contribution in [-0.2, 0) is 11.2 Å². The van der Waals surface area contributed by atoms with Crippen molar-refractivity contribution in [1.82, 2.24) is 9.97 Å². The zero-order chi connectivity index (χ0) is 19.3. The molecule has 144 valence electrons. The zero-order valence-electron chi connectivity index (χ0n) is 15.8. The Morgan fingerprint density at radius 3 is 2.93 bits per heavy atom. The highest BCUT2D eigenvalue weighted by Crippen LogP contribution is 2.45. The molecular weight excluding hydrogens is 352 g/mol. The molecule has 5 rings (SSSR count). The average Bonchev–Trinajstić information content (AvgIpc) is 3.37. The predicted octanol–water partition coefficient (Wildman–Crippen LogP) is 2.58. The Kier molecular flexibility index (Phi) is 3.96. The van der Waals surface area contributed by atoms with Crippen LogP contribution < -0.4 is 21.7 Å². The second kappa shape index (κ2) is 6.51. The van der Waals surface area contributed by atoms with Crippen LogP contribution in [0.1, 0.15) is 17.5 Å². The molecule has 4 atom stereocenters. The first-order valence-corrected chi connectivity index (χ1v) is 9.81.